The van der Waals surface area contributed by atoms with Gasteiger partial charge in [-0.3, -0.25) is 9.36 Å². The smallest absolute Gasteiger partial charge is 0.250 e. The zero-order chi connectivity index (χ0) is 27.8. The van der Waals surface area contributed by atoms with Crippen molar-refractivity contribution >= 4 is 23.9 Å². The first-order chi connectivity index (χ1) is 19.0. The molecular formula is C28H29N5O5S. The molecule has 1 amide bonds. The Bertz CT molecular complexity index is 1430. The number of aryl methyl sites for hydroxylation is 1. The maximum atomic E-state index is 12.6. The van der Waals surface area contributed by atoms with Crippen LogP contribution in [0.4, 0.5) is 0 Å². The number of ether oxygens (including phenoxy) is 4. The third-order valence-corrected chi connectivity index (χ3v) is 6.62. The third-order valence-electron chi connectivity index (χ3n) is 5.70. The molecule has 1 heterocycles. The summed E-state index contributed by atoms with van der Waals surface area (Å²) in [6.07, 6.45) is 1.50. The van der Waals surface area contributed by atoms with Gasteiger partial charge in [0.05, 0.1) is 40.4 Å². The van der Waals surface area contributed by atoms with Crippen molar-refractivity contribution in [1.29, 1.82) is 0 Å². The number of carbonyl (C=O) groups excluding carboxylic acids is 1. The Hall–Kier alpha value is -4.51. The Morgan fingerprint density at radius 3 is 2.18 bits per heavy atom. The molecule has 0 unspecified atom stereocenters. The van der Waals surface area contributed by atoms with Gasteiger partial charge in [-0.05, 0) is 43.3 Å². The topological polar surface area (TPSA) is 109 Å². The first kappa shape index (κ1) is 27.5. The Balaban J connectivity index is 1.50. The molecule has 0 bridgehead atoms. The number of rotatable bonds is 11. The molecule has 11 heteroatoms. The Labute approximate surface area is 231 Å². The molecule has 0 atom stereocenters. The highest BCUT2D eigenvalue weighted by Gasteiger charge is 2.18. The maximum absolute atomic E-state index is 12.6. The second-order valence-electron chi connectivity index (χ2n) is 8.25. The average Bonchev–Trinajstić information content (AvgIpc) is 3.39. The third kappa shape index (κ3) is 6.50. The number of hydrogen-bond acceptors (Lipinski definition) is 9. The number of amides is 1. The molecule has 0 fully saturated rings. The minimum Gasteiger partial charge on any atom is -0.497 e. The number of benzene rings is 3. The van der Waals surface area contributed by atoms with E-state index in [4.69, 9.17) is 18.9 Å². The summed E-state index contributed by atoms with van der Waals surface area (Å²) in [6, 6.07) is 19.1. The van der Waals surface area contributed by atoms with Crippen LogP contribution < -0.4 is 24.4 Å². The summed E-state index contributed by atoms with van der Waals surface area (Å²) in [5, 5.41) is 13.4. The minimum atomic E-state index is -0.301. The molecule has 0 saturated carbocycles. The molecule has 10 nitrogen and oxygen atoms in total. The van der Waals surface area contributed by atoms with Crippen molar-refractivity contribution in [2.45, 2.75) is 12.1 Å². The molecule has 0 radical (unpaired) electrons. The molecule has 4 rings (SSSR count). The van der Waals surface area contributed by atoms with E-state index in [2.05, 4.69) is 20.7 Å². The first-order valence-corrected chi connectivity index (χ1v) is 12.9. The van der Waals surface area contributed by atoms with Crippen molar-refractivity contribution in [3.63, 3.8) is 0 Å². The molecule has 4 aromatic rings. The number of nitrogens with zero attached hydrogens (tertiary/aromatic N) is 4. The number of hydrogen-bond donors (Lipinski definition) is 1. The van der Waals surface area contributed by atoms with Crippen LogP contribution >= 0.6 is 11.8 Å². The van der Waals surface area contributed by atoms with E-state index in [9.17, 15) is 4.79 Å². The highest BCUT2D eigenvalue weighted by Crippen LogP contribution is 2.37. The first-order valence-electron chi connectivity index (χ1n) is 11.9. The van der Waals surface area contributed by atoms with E-state index in [1.165, 1.54) is 39.3 Å². The van der Waals surface area contributed by atoms with E-state index in [1.54, 1.807) is 19.2 Å². The van der Waals surface area contributed by atoms with Crippen molar-refractivity contribution < 1.29 is 23.7 Å². The minimum absolute atomic E-state index is 0.0782. The quantitative estimate of drug-likeness (QED) is 0.166. The SMILES string of the molecule is COc1ccc(-n2c(SCC(=O)N/N=C\c3cc(OC)c(OC)c(OC)c3)nnc2-c2ccc(C)cc2)cc1. The number of thioether (sulfide) groups is 1. The Kier molecular flexibility index (Phi) is 9.06. The van der Waals surface area contributed by atoms with Crippen LogP contribution in [0, 0.1) is 6.92 Å². The van der Waals surface area contributed by atoms with Gasteiger partial charge in [-0.2, -0.15) is 5.10 Å². The van der Waals surface area contributed by atoms with Crippen LogP contribution in [0.2, 0.25) is 0 Å². The molecule has 1 aromatic heterocycles. The molecule has 3 aromatic carbocycles. The number of nitrogens with one attached hydrogen (secondary N) is 1. The van der Waals surface area contributed by atoms with Crippen molar-refractivity contribution in [1.82, 2.24) is 20.2 Å². The van der Waals surface area contributed by atoms with E-state index >= 15 is 0 Å². The highest BCUT2D eigenvalue weighted by atomic mass is 32.2. The van der Waals surface area contributed by atoms with E-state index in [1.807, 2.05) is 60.0 Å². The zero-order valence-electron chi connectivity index (χ0n) is 22.3. The lowest BCUT2D eigenvalue weighted by Crippen LogP contribution is -2.20. The lowest BCUT2D eigenvalue weighted by Gasteiger charge is -2.12. The molecule has 0 spiro atoms. The van der Waals surface area contributed by atoms with Crippen LogP contribution in [0.25, 0.3) is 17.1 Å². The summed E-state index contributed by atoms with van der Waals surface area (Å²) in [4.78, 5) is 12.6. The number of aromatic nitrogens is 3. The van der Waals surface area contributed by atoms with Crippen LogP contribution in [-0.4, -0.2) is 61.1 Å². The fourth-order valence-corrected chi connectivity index (χ4v) is 4.48. The maximum Gasteiger partial charge on any atom is 0.250 e. The van der Waals surface area contributed by atoms with E-state index in [-0.39, 0.29) is 11.7 Å². The van der Waals surface area contributed by atoms with Gasteiger partial charge >= 0.3 is 0 Å². The van der Waals surface area contributed by atoms with Gasteiger partial charge < -0.3 is 18.9 Å². The van der Waals surface area contributed by atoms with Gasteiger partial charge in [0, 0.05) is 16.8 Å². The van der Waals surface area contributed by atoms with Crippen LogP contribution in [0.5, 0.6) is 23.0 Å². The molecule has 0 aliphatic heterocycles. The van der Waals surface area contributed by atoms with Crippen molar-refractivity contribution in [2.75, 3.05) is 34.2 Å². The largest absolute Gasteiger partial charge is 0.497 e. The van der Waals surface area contributed by atoms with Crippen LogP contribution in [0.15, 0.2) is 70.9 Å². The van der Waals surface area contributed by atoms with Crippen molar-refractivity contribution in [3.8, 4) is 40.1 Å². The van der Waals surface area contributed by atoms with Gasteiger partial charge in [0.15, 0.2) is 22.5 Å². The molecule has 0 aliphatic rings. The monoisotopic (exact) mass is 547 g/mol. The lowest BCUT2D eigenvalue weighted by molar-refractivity contribution is -0.118. The van der Waals surface area contributed by atoms with Gasteiger partial charge in [0.25, 0.3) is 5.91 Å². The highest BCUT2D eigenvalue weighted by molar-refractivity contribution is 7.99. The summed E-state index contributed by atoms with van der Waals surface area (Å²) >= 11 is 1.26. The fraction of sp³-hybridized carbons (Fsp3) is 0.214. The molecule has 0 aliphatic carbocycles. The van der Waals surface area contributed by atoms with Crippen LogP contribution in [-0.2, 0) is 4.79 Å². The Morgan fingerprint density at radius 1 is 0.923 bits per heavy atom. The summed E-state index contributed by atoms with van der Waals surface area (Å²) < 4.78 is 23.3. The van der Waals surface area contributed by atoms with Crippen molar-refractivity contribution in [2.24, 2.45) is 5.10 Å². The van der Waals surface area contributed by atoms with Gasteiger partial charge in [-0.15, -0.1) is 10.2 Å². The number of methoxy groups -OCH3 is 4. The number of hydrazone groups is 1. The van der Waals surface area contributed by atoms with Crippen molar-refractivity contribution in [3.05, 3.63) is 71.8 Å². The fourth-order valence-electron chi connectivity index (χ4n) is 3.73. The van der Waals surface area contributed by atoms with Crippen LogP contribution in [0.3, 0.4) is 0 Å². The summed E-state index contributed by atoms with van der Waals surface area (Å²) in [7, 11) is 6.22. The Morgan fingerprint density at radius 2 is 1.59 bits per heavy atom. The summed E-state index contributed by atoms with van der Waals surface area (Å²) in [5.41, 5.74) is 6.12. The van der Waals surface area contributed by atoms with E-state index < -0.39 is 0 Å². The molecular weight excluding hydrogens is 518 g/mol. The lowest BCUT2D eigenvalue weighted by atomic mass is 10.1. The molecule has 0 saturated heterocycles. The summed E-state index contributed by atoms with van der Waals surface area (Å²) in [6.45, 7) is 2.03. The van der Waals surface area contributed by atoms with Crippen LogP contribution in [0.1, 0.15) is 11.1 Å². The van der Waals surface area contributed by atoms with Gasteiger partial charge in [-0.1, -0.05) is 41.6 Å². The van der Waals surface area contributed by atoms with Gasteiger partial charge in [0.1, 0.15) is 5.75 Å². The second kappa shape index (κ2) is 12.8. The molecule has 1 N–H and O–H groups in total. The normalized spacial score (nSPS) is 10.9. The predicted molar refractivity (Wildman–Crippen MR) is 151 cm³/mol. The number of carbonyl (C=O) groups is 1. The van der Waals surface area contributed by atoms with E-state index in [0.29, 0.717) is 33.8 Å². The second-order valence-corrected chi connectivity index (χ2v) is 9.19. The van der Waals surface area contributed by atoms with Gasteiger partial charge in [-0.25, -0.2) is 5.43 Å². The zero-order valence-corrected chi connectivity index (χ0v) is 23.1. The van der Waals surface area contributed by atoms with Gasteiger partial charge in [0.2, 0.25) is 5.75 Å². The summed E-state index contributed by atoms with van der Waals surface area (Å²) in [5.74, 6) is 2.64. The molecule has 202 valence electrons. The predicted octanol–water partition coefficient (Wildman–Crippen LogP) is 4.52. The average molecular weight is 548 g/mol. The van der Waals surface area contributed by atoms with E-state index in [0.717, 1.165) is 22.6 Å². The molecule has 39 heavy (non-hydrogen) atoms. The standard InChI is InChI=1S/C28H29N5O5S/c1-18-6-8-20(9-7-18)27-31-32-28(33(27)21-10-12-22(35-2)13-11-21)39-17-25(34)30-29-16-19-14-23(36-3)26(38-5)24(15-19)37-4/h6-16H,17H2,1-5H3,(H,30,34)/b29-16-.